The summed E-state index contributed by atoms with van der Waals surface area (Å²) in [5.74, 6) is -0.396. The van der Waals surface area contributed by atoms with Gasteiger partial charge < -0.3 is 19.9 Å². The number of nitrogens with two attached hydrogens (primary N) is 1. The number of hydrogen-bond donors (Lipinski definition) is 1. The molecule has 1 aromatic rings. The molecule has 2 rings (SSSR count). The zero-order valence-electron chi connectivity index (χ0n) is 12.2. The van der Waals surface area contributed by atoms with Crippen LogP contribution in [0.3, 0.4) is 0 Å². The zero-order chi connectivity index (χ0) is 14.9. The van der Waals surface area contributed by atoms with Crippen molar-refractivity contribution in [1.82, 2.24) is 0 Å². The highest BCUT2D eigenvalue weighted by Crippen LogP contribution is 2.14. The Hall–Kier alpha value is -1.43. The molecular formula is C16H23NO4. The van der Waals surface area contributed by atoms with Gasteiger partial charge in [0.2, 0.25) is 0 Å². The van der Waals surface area contributed by atoms with E-state index in [2.05, 4.69) is 0 Å². The smallest absolute Gasteiger partial charge is 0.323 e. The van der Waals surface area contributed by atoms with Crippen molar-refractivity contribution in [3.05, 3.63) is 35.9 Å². The minimum Gasteiger partial charge on any atom is -0.460 e. The molecule has 0 radical (unpaired) electrons. The Balaban J connectivity index is 1.60. The number of rotatable bonds is 7. The van der Waals surface area contributed by atoms with Gasteiger partial charge in [0, 0.05) is 6.61 Å². The van der Waals surface area contributed by atoms with Gasteiger partial charge >= 0.3 is 5.97 Å². The Morgan fingerprint density at radius 3 is 2.86 bits per heavy atom. The summed E-state index contributed by atoms with van der Waals surface area (Å²) in [6, 6.07) is 8.88. The van der Waals surface area contributed by atoms with Crippen molar-refractivity contribution >= 4 is 5.97 Å². The lowest BCUT2D eigenvalue weighted by Gasteiger charge is -2.23. The number of hydrogen-bond acceptors (Lipinski definition) is 5. The minimum absolute atomic E-state index is 0.147. The van der Waals surface area contributed by atoms with Crippen LogP contribution in [0.15, 0.2) is 30.3 Å². The standard InChI is InChI=1S/C16H23NO4/c17-14(9-11-20-15-8-4-5-10-19-15)16(18)21-12-13-6-2-1-3-7-13/h1-3,6-7,14-15H,4-5,8-12,17H2/t14-,15?/m0/s1. The van der Waals surface area contributed by atoms with E-state index in [0.29, 0.717) is 13.0 Å². The molecule has 1 aliphatic rings. The molecule has 1 unspecified atom stereocenters. The molecule has 0 aliphatic carbocycles. The van der Waals surface area contributed by atoms with Crippen LogP contribution in [-0.2, 0) is 25.6 Å². The number of esters is 1. The van der Waals surface area contributed by atoms with Crippen molar-refractivity contribution < 1.29 is 19.0 Å². The van der Waals surface area contributed by atoms with Crippen LogP contribution in [-0.4, -0.2) is 31.5 Å². The third kappa shape index (κ3) is 5.83. The highest BCUT2D eigenvalue weighted by atomic mass is 16.7. The van der Waals surface area contributed by atoms with Crippen LogP contribution in [0.4, 0.5) is 0 Å². The molecule has 1 fully saturated rings. The number of benzene rings is 1. The molecule has 116 valence electrons. The monoisotopic (exact) mass is 293 g/mol. The van der Waals surface area contributed by atoms with Crippen LogP contribution in [0.2, 0.25) is 0 Å². The van der Waals surface area contributed by atoms with Crippen LogP contribution in [0.1, 0.15) is 31.2 Å². The van der Waals surface area contributed by atoms with Crippen molar-refractivity contribution in [3.63, 3.8) is 0 Å². The van der Waals surface area contributed by atoms with Gasteiger partial charge in [0.25, 0.3) is 0 Å². The minimum atomic E-state index is -0.655. The first-order chi connectivity index (χ1) is 10.3. The molecule has 1 aliphatic heterocycles. The fraction of sp³-hybridized carbons (Fsp3) is 0.562. The van der Waals surface area contributed by atoms with E-state index in [1.165, 1.54) is 0 Å². The highest BCUT2D eigenvalue weighted by molar-refractivity contribution is 5.75. The fourth-order valence-electron chi connectivity index (χ4n) is 2.12. The molecule has 2 atom stereocenters. The number of carbonyl (C=O) groups excluding carboxylic acids is 1. The average molecular weight is 293 g/mol. The van der Waals surface area contributed by atoms with Crippen LogP contribution >= 0.6 is 0 Å². The molecule has 5 heteroatoms. The normalized spacial score (nSPS) is 20.0. The first-order valence-electron chi connectivity index (χ1n) is 7.45. The summed E-state index contributed by atoms with van der Waals surface area (Å²) in [7, 11) is 0. The lowest BCUT2D eigenvalue weighted by Crippen LogP contribution is -2.34. The molecule has 0 saturated carbocycles. The van der Waals surface area contributed by atoms with Crippen molar-refractivity contribution in [2.75, 3.05) is 13.2 Å². The molecular weight excluding hydrogens is 270 g/mol. The summed E-state index contributed by atoms with van der Waals surface area (Å²) in [5.41, 5.74) is 6.75. The summed E-state index contributed by atoms with van der Waals surface area (Å²) in [4.78, 5) is 11.8. The van der Waals surface area contributed by atoms with Crippen LogP contribution in [0, 0.1) is 0 Å². The molecule has 5 nitrogen and oxygen atoms in total. The van der Waals surface area contributed by atoms with Crippen LogP contribution in [0.5, 0.6) is 0 Å². The maximum Gasteiger partial charge on any atom is 0.323 e. The summed E-state index contributed by atoms with van der Waals surface area (Å²) < 4.78 is 16.2. The van der Waals surface area contributed by atoms with Crippen molar-refractivity contribution in [1.29, 1.82) is 0 Å². The molecule has 2 N–H and O–H groups in total. The Bertz CT molecular complexity index is 418. The maximum absolute atomic E-state index is 11.8. The molecule has 0 aromatic heterocycles. The van der Waals surface area contributed by atoms with Crippen LogP contribution in [0.25, 0.3) is 0 Å². The first kappa shape index (κ1) is 15.9. The second kappa shape index (κ2) is 8.77. The lowest BCUT2D eigenvalue weighted by atomic mass is 10.2. The molecule has 1 saturated heterocycles. The van der Waals surface area contributed by atoms with E-state index < -0.39 is 12.0 Å². The fourth-order valence-corrected chi connectivity index (χ4v) is 2.12. The van der Waals surface area contributed by atoms with E-state index >= 15 is 0 Å². The molecule has 0 amide bonds. The highest BCUT2D eigenvalue weighted by Gasteiger charge is 2.18. The van der Waals surface area contributed by atoms with Crippen molar-refractivity contribution in [2.24, 2.45) is 5.73 Å². The van der Waals surface area contributed by atoms with E-state index in [4.69, 9.17) is 19.9 Å². The second-order valence-corrected chi connectivity index (χ2v) is 5.16. The summed E-state index contributed by atoms with van der Waals surface area (Å²) >= 11 is 0. The van der Waals surface area contributed by atoms with E-state index in [1.54, 1.807) is 0 Å². The Morgan fingerprint density at radius 2 is 2.14 bits per heavy atom. The third-order valence-electron chi connectivity index (χ3n) is 3.40. The quantitative estimate of drug-likeness (QED) is 0.778. The maximum atomic E-state index is 11.8. The number of carbonyl (C=O) groups is 1. The summed E-state index contributed by atoms with van der Waals surface area (Å²) in [6.45, 7) is 1.40. The van der Waals surface area contributed by atoms with Gasteiger partial charge in [-0.25, -0.2) is 0 Å². The Labute approximate surface area is 125 Å². The van der Waals surface area contributed by atoms with Gasteiger partial charge in [0.1, 0.15) is 12.6 Å². The molecule has 0 spiro atoms. The van der Waals surface area contributed by atoms with E-state index in [-0.39, 0.29) is 12.9 Å². The SMILES string of the molecule is N[C@@H](CCOC1CCCCO1)C(=O)OCc1ccccc1. The molecule has 1 heterocycles. The van der Waals surface area contributed by atoms with Gasteiger partial charge in [-0.1, -0.05) is 30.3 Å². The predicted octanol–water partition coefficient (Wildman–Crippen LogP) is 1.99. The van der Waals surface area contributed by atoms with E-state index in [1.807, 2.05) is 30.3 Å². The summed E-state index contributed by atoms with van der Waals surface area (Å²) in [6.07, 6.45) is 3.41. The van der Waals surface area contributed by atoms with Gasteiger partial charge in [-0.05, 0) is 31.2 Å². The van der Waals surface area contributed by atoms with E-state index in [0.717, 1.165) is 31.4 Å². The number of ether oxygens (including phenoxy) is 3. The topological polar surface area (TPSA) is 70.8 Å². The molecule has 0 bridgehead atoms. The lowest BCUT2D eigenvalue weighted by molar-refractivity contribution is -0.165. The van der Waals surface area contributed by atoms with Gasteiger partial charge in [-0.15, -0.1) is 0 Å². The molecule has 21 heavy (non-hydrogen) atoms. The Kier molecular flexibility index (Phi) is 6.66. The van der Waals surface area contributed by atoms with Gasteiger partial charge in [0.05, 0.1) is 6.61 Å². The van der Waals surface area contributed by atoms with Gasteiger partial charge in [-0.3, -0.25) is 4.79 Å². The van der Waals surface area contributed by atoms with Crippen LogP contribution < -0.4 is 5.73 Å². The first-order valence-corrected chi connectivity index (χ1v) is 7.45. The summed E-state index contributed by atoms with van der Waals surface area (Å²) in [5, 5.41) is 0. The third-order valence-corrected chi connectivity index (χ3v) is 3.40. The van der Waals surface area contributed by atoms with Gasteiger partial charge in [0.15, 0.2) is 6.29 Å². The van der Waals surface area contributed by atoms with Crippen molar-refractivity contribution in [3.8, 4) is 0 Å². The van der Waals surface area contributed by atoms with Gasteiger partial charge in [-0.2, -0.15) is 0 Å². The predicted molar refractivity (Wildman–Crippen MR) is 78.4 cm³/mol. The van der Waals surface area contributed by atoms with Crippen molar-refractivity contribution in [2.45, 2.75) is 44.6 Å². The second-order valence-electron chi connectivity index (χ2n) is 5.16. The average Bonchev–Trinajstić information content (AvgIpc) is 2.54. The Morgan fingerprint density at radius 1 is 1.33 bits per heavy atom. The van der Waals surface area contributed by atoms with E-state index in [9.17, 15) is 4.79 Å². The zero-order valence-corrected chi connectivity index (χ0v) is 12.2. The largest absolute Gasteiger partial charge is 0.460 e. The molecule has 1 aromatic carbocycles.